The van der Waals surface area contributed by atoms with E-state index in [1.807, 2.05) is 18.2 Å². The fraction of sp³-hybridized carbons (Fsp3) is 0.259. The van der Waals surface area contributed by atoms with Gasteiger partial charge in [0, 0.05) is 26.6 Å². The highest BCUT2D eigenvalue weighted by molar-refractivity contribution is 9.11. The Labute approximate surface area is 226 Å². The van der Waals surface area contributed by atoms with Gasteiger partial charge in [-0.25, -0.2) is 9.18 Å². The Morgan fingerprint density at radius 1 is 0.972 bits per heavy atom. The monoisotopic (exact) mass is 620 g/mol. The minimum absolute atomic E-state index is 0.0858. The van der Waals surface area contributed by atoms with E-state index in [4.69, 9.17) is 9.47 Å². The molecule has 1 atom stereocenters. The fourth-order valence-electron chi connectivity index (χ4n) is 3.26. The maximum Gasteiger partial charge on any atom is 0.408 e. The van der Waals surface area contributed by atoms with Crippen LogP contribution in [0, 0.1) is 5.82 Å². The Morgan fingerprint density at radius 3 is 2.22 bits per heavy atom. The van der Waals surface area contributed by atoms with Crippen molar-refractivity contribution in [1.82, 2.24) is 5.32 Å². The van der Waals surface area contributed by atoms with Crippen molar-refractivity contribution in [3.05, 3.63) is 92.6 Å². The van der Waals surface area contributed by atoms with Gasteiger partial charge in [-0.1, -0.05) is 50.1 Å². The van der Waals surface area contributed by atoms with E-state index >= 15 is 0 Å². The molecule has 3 aromatic carbocycles. The molecule has 0 bridgehead atoms. The summed E-state index contributed by atoms with van der Waals surface area (Å²) in [5, 5.41) is 5.49. The van der Waals surface area contributed by atoms with Crippen molar-refractivity contribution in [2.24, 2.45) is 0 Å². The van der Waals surface area contributed by atoms with E-state index in [9.17, 15) is 14.0 Å². The maximum absolute atomic E-state index is 13.8. The minimum Gasteiger partial charge on any atom is -0.489 e. The molecule has 2 N–H and O–H groups in total. The first kappa shape index (κ1) is 27.7. The van der Waals surface area contributed by atoms with E-state index in [2.05, 4.69) is 42.5 Å². The van der Waals surface area contributed by atoms with E-state index in [1.54, 1.807) is 63.2 Å². The normalized spacial score (nSPS) is 11.9. The van der Waals surface area contributed by atoms with Crippen LogP contribution in [-0.2, 0) is 22.6 Å². The second-order valence-electron chi connectivity index (χ2n) is 9.07. The van der Waals surface area contributed by atoms with Gasteiger partial charge in [0.1, 0.15) is 29.8 Å². The molecule has 1 unspecified atom stereocenters. The van der Waals surface area contributed by atoms with Crippen molar-refractivity contribution in [2.45, 2.75) is 45.4 Å². The molecule has 2 amide bonds. The van der Waals surface area contributed by atoms with Gasteiger partial charge < -0.3 is 20.1 Å². The number of carbonyl (C=O) groups is 2. The van der Waals surface area contributed by atoms with Gasteiger partial charge in [0.25, 0.3) is 0 Å². The molecule has 190 valence electrons. The Hall–Kier alpha value is -2.91. The smallest absolute Gasteiger partial charge is 0.408 e. The summed E-state index contributed by atoms with van der Waals surface area (Å²) in [6, 6.07) is 17.9. The average molecular weight is 622 g/mol. The fourth-order valence-corrected chi connectivity index (χ4v) is 4.65. The number of amides is 2. The van der Waals surface area contributed by atoms with E-state index in [0.717, 1.165) is 14.5 Å². The van der Waals surface area contributed by atoms with E-state index in [-0.39, 0.29) is 18.8 Å². The van der Waals surface area contributed by atoms with Gasteiger partial charge >= 0.3 is 6.09 Å². The molecule has 3 rings (SSSR count). The Morgan fingerprint density at radius 2 is 1.61 bits per heavy atom. The van der Waals surface area contributed by atoms with Crippen molar-refractivity contribution in [1.29, 1.82) is 0 Å². The molecule has 0 aromatic heterocycles. The molecule has 6 nitrogen and oxygen atoms in total. The summed E-state index contributed by atoms with van der Waals surface area (Å²) in [5.74, 6) is -0.210. The zero-order valence-electron chi connectivity index (χ0n) is 20.1. The summed E-state index contributed by atoms with van der Waals surface area (Å²) in [4.78, 5) is 25.6. The number of carbonyl (C=O) groups excluding carboxylic acids is 2. The molecule has 0 saturated carbocycles. The van der Waals surface area contributed by atoms with Gasteiger partial charge in [-0.15, -0.1) is 0 Å². The lowest BCUT2D eigenvalue weighted by Gasteiger charge is -2.23. The number of nitrogens with one attached hydrogen (secondary N) is 2. The van der Waals surface area contributed by atoms with Crippen molar-refractivity contribution in [2.75, 3.05) is 5.32 Å². The molecular weight excluding hydrogens is 595 g/mol. The summed E-state index contributed by atoms with van der Waals surface area (Å²) < 4.78 is 26.5. The average Bonchev–Trinajstić information content (AvgIpc) is 2.77. The van der Waals surface area contributed by atoms with Gasteiger partial charge in [-0.05, 0) is 74.9 Å². The second-order valence-corrected chi connectivity index (χ2v) is 10.9. The van der Waals surface area contributed by atoms with Crippen LogP contribution in [0.3, 0.4) is 0 Å². The van der Waals surface area contributed by atoms with Crippen LogP contribution in [-0.4, -0.2) is 23.6 Å². The molecule has 3 aromatic rings. The molecule has 0 heterocycles. The van der Waals surface area contributed by atoms with Crippen LogP contribution in [0.5, 0.6) is 5.75 Å². The van der Waals surface area contributed by atoms with Gasteiger partial charge in [0.2, 0.25) is 5.91 Å². The topological polar surface area (TPSA) is 76.7 Å². The number of rotatable bonds is 8. The highest BCUT2D eigenvalue weighted by Gasteiger charge is 2.25. The van der Waals surface area contributed by atoms with Crippen LogP contribution < -0.4 is 15.4 Å². The van der Waals surface area contributed by atoms with Crippen LogP contribution in [0.15, 0.2) is 75.7 Å². The van der Waals surface area contributed by atoms with Crippen LogP contribution in [0.2, 0.25) is 0 Å². The predicted octanol–water partition coefficient (Wildman–Crippen LogP) is 7.00. The van der Waals surface area contributed by atoms with Crippen molar-refractivity contribution in [3.8, 4) is 5.75 Å². The lowest BCUT2D eigenvalue weighted by atomic mass is 10.1. The third kappa shape index (κ3) is 8.95. The molecule has 0 spiro atoms. The number of hydrogen-bond donors (Lipinski definition) is 2. The minimum atomic E-state index is -0.891. The quantitative estimate of drug-likeness (QED) is 0.284. The Balaban J connectivity index is 1.68. The van der Waals surface area contributed by atoms with Crippen LogP contribution in [0.25, 0.3) is 0 Å². The molecule has 0 fully saturated rings. The van der Waals surface area contributed by atoms with Crippen LogP contribution >= 0.6 is 31.9 Å². The summed E-state index contributed by atoms with van der Waals surface area (Å²) >= 11 is 6.89. The predicted molar refractivity (Wildman–Crippen MR) is 145 cm³/mol. The molecule has 9 heteroatoms. The molecule has 0 aliphatic carbocycles. The number of halogens is 3. The Bertz CT molecular complexity index is 1190. The number of ether oxygens (including phenoxy) is 2. The lowest BCUT2D eigenvalue weighted by Crippen LogP contribution is -2.47. The zero-order valence-corrected chi connectivity index (χ0v) is 23.3. The lowest BCUT2D eigenvalue weighted by molar-refractivity contribution is -0.118. The van der Waals surface area contributed by atoms with Gasteiger partial charge in [0.15, 0.2) is 0 Å². The maximum atomic E-state index is 13.8. The van der Waals surface area contributed by atoms with E-state index in [0.29, 0.717) is 17.0 Å². The third-order valence-corrected chi connectivity index (χ3v) is 5.76. The third-order valence-electron chi connectivity index (χ3n) is 4.84. The molecule has 0 saturated heterocycles. The summed E-state index contributed by atoms with van der Waals surface area (Å²) in [5.41, 5.74) is 1.10. The first-order valence-electron chi connectivity index (χ1n) is 11.2. The van der Waals surface area contributed by atoms with Crippen molar-refractivity contribution in [3.63, 3.8) is 0 Å². The molecule has 0 radical (unpaired) electrons. The van der Waals surface area contributed by atoms with Crippen molar-refractivity contribution < 1.29 is 23.5 Å². The highest BCUT2D eigenvalue weighted by atomic mass is 79.9. The van der Waals surface area contributed by atoms with E-state index < -0.39 is 23.6 Å². The first-order valence-corrected chi connectivity index (χ1v) is 12.8. The summed E-state index contributed by atoms with van der Waals surface area (Å²) in [6.07, 6.45) is -0.443. The number of hydrogen-bond acceptors (Lipinski definition) is 4. The molecule has 36 heavy (non-hydrogen) atoms. The van der Waals surface area contributed by atoms with E-state index in [1.165, 1.54) is 6.07 Å². The second kappa shape index (κ2) is 12.4. The van der Waals surface area contributed by atoms with Gasteiger partial charge in [-0.3, -0.25) is 4.79 Å². The number of alkyl carbamates (subject to hydrolysis) is 1. The first-order chi connectivity index (χ1) is 17.0. The van der Waals surface area contributed by atoms with Gasteiger partial charge in [0.05, 0.1) is 0 Å². The summed E-state index contributed by atoms with van der Waals surface area (Å²) in [6.45, 7) is 5.34. The standard InChI is InChI=1S/C27H27Br2FN2O4/c1-27(2,3)36-26(34)32-24(14-17-12-19(28)15-20(29)13-17)25(33)31-21-8-10-22(11-9-21)35-16-18-6-4-5-7-23(18)30/h4-13,15,24H,14,16H2,1-3H3,(H,31,33)(H,32,34). The molecular formula is C27H27Br2FN2O4. The van der Waals surface area contributed by atoms with Crippen LogP contribution in [0.4, 0.5) is 14.9 Å². The number of anilines is 1. The largest absolute Gasteiger partial charge is 0.489 e. The summed E-state index contributed by atoms with van der Waals surface area (Å²) in [7, 11) is 0. The SMILES string of the molecule is CC(C)(C)OC(=O)NC(Cc1cc(Br)cc(Br)c1)C(=O)Nc1ccc(OCc2ccccc2F)cc1. The molecule has 0 aliphatic rings. The zero-order chi connectivity index (χ0) is 26.3. The number of benzene rings is 3. The van der Waals surface area contributed by atoms with Crippen LogP contribution in [0.1, 0.15) is 31.9 Å². The Kier molecular flexibility index (Phi) is 9.50. The molecule has 0 aliphatic heterocycles. The van der Waals surface area contributed by atoms with Gasteiger partial charge in [-0.2, -0.15) is 0 Å². The highest BCUT2D eigenvalue weighted by Crippen LogP contribution is 2.22. The van der Waals surface area contributed by atoms with Crippen molar-refractivity contribution >= 4 is 49.5 Å².